The van der Waals surface area contributed by atoms with Crippen LogP contribution in [0.25, 0.3) is 0 Å². The number of hydrogen-bond donors (Lipinski definition) is 2. The molecule has 4 aromatic rings. The minimum Gasteiger partial charge on any atom is -0.340 e. The van der Waals surface area contributed by atoms with Gasteiger partial charge >= 0.3 is 0 Å². The number of carbonyl (C=O) groups is 2. The number of rotatable bonds is 7. The second-order valence-corrected chi connectivity index (χ2v) is 7.59. The van der Waals surface area contributed by atoms with Gasteiger partial charge in [0.25, 0.3) is 5.91 Å². The molecule has 0 saturated heterocycles. The largest absolute Gasteiger partial charge is 0.340 e. The van der Waals surface area contributed by atoms with Crippen LogP contribution >= 0.6 is 0 Å². The lowest BCUT2D eigenvalue weighted by molar-refractivity contribution is 0.0996. The summed E-state index contributed by atoms with van der Waals surface area (Å²) >= 11 is 0. The maximum atomic E-state index is 13.2. The number of hydrogen-bond acceptors (Lipinski definition) is 5. The van der Waals surface area contributed by atoms with E-state index in [2.05, 4.69) is 20.6 Å². The first-order chi connectivity index (χ1) is 16.0. The number of ketones is 1. The van der Waals surface area contributed by atoms with E-state index in [0.717, 1.165) is 23.4 Å². The highest BCUT2D eigenvalue weighted by atomic mass is 16.2. The summed E-state index contributed by atoms with van der Waals surface area (Å²) in [7, 11) is 0. The highest BCUT2D eigenvalue weighted by Gasteiger charge is 2.19. The first-order valence-corrected chi connectivity index (χ1v) is 10.7. The first kappa shape index (κ1) is 21.9. The normalized spacial score (nSPS) is 10.5. The molecule has 0 aliphatic rings. The molecule has 4 rings (SSSR count). The van der Waals surface area contributed by atoms with E-state index in [9.17, 15) is 9.59 Å². The Hall–Kier alpha value is -4.32. The number of aromatic nitrogens is 2. The number of benzene rings is 3. The Morgan fingerprint density at radius 1 is 0.848 bits per heavy atom. The summed E-state index contributed by atoms with van der Waals surface area (Å²) in [5, 5.41) is 6.24. The highest BCUT2D eigenvalue weighted by Crippen LogP contribution is 2.25. The molecule has 2 N–H and O–H groups in total. The maximum absolute atomic E-state index is 13.2. The van der Waals surface area contributed by atoms with Gasteiger partial charge in [0, 0.05) is 34.3 Å². The Morgan fingerprint density at radius 3 is 2.30 bits per heavy atom. The minimum atomic E-state index is -0.334. The predicted molar refractivity (Wildman–Crippen MR) is 130 cm³/mol. The average molecular weight is 437 g/mol. The van der Waals surface area contributed by atoms with Crippen molar-refractivity contribution in [2.75, 3.05) is 10.6 Å². The van der Waals surface area contributed by atoms with E-state index in [1.807, 2.05) is 44.2 Å². The summed E-state index contributed by atoms with van der Waals surface area (Å²) < 4.78 is 0. The average Bonchev–Trinajstić information content (AvgIpc) is 2.84. The SMILES string of the molecule is CCc1ccc(Nc2cc(C)ncn2)cc1NC(=O)c1ccccc1C(=O)c1ccccc1. The molecule has 1 heterocycles. The molecule has 164 valence electrons. The molecular formula is C27H24N4O2. The fourth-order valence-corrected chi connectivity index (χ4v) is 3.56. The van der Waals surface area contributed by atoms with Gasteiger partial charge in [0.2, 0.25) is 0 Å². The summed E-state index contributed by atoms with van der Waals surface area (Å²) in [4.78, 5) is 34.6. The highest BCUT2D eigenvalue weighted by molar-refractivity contribution is 6.17. The molecule has 3 aromatic carbocycles. The van der Waals surface area contributed by atoms with Crippen molar-refractivity contribution in [1.82, 2.24) is 9.97 Å². The van der Waals surface area contributed by atoms with Crippen LogP contribution in [0.5, 0.6) is 0 Å². The van der Waals surface area contributed by atoms with Crippen molar-refractivity contribution in [3.05, 3.63) is 113 Å². The van der Waals surface area contributed by atoms with Crippen LogP contribution in [0.15, 0.2) is 85.2 Å². The fraction of sp³-hybridized carbons (Fsp3) is 0.111. The standard InChI is InChI=1S/C27H24N4O2/c1-3-19-13-14-21(30-25-15-18(2)28-17-29-25)16-24(19)31-27(33)23-12-8-7-11-22(23)26(32)20-9-5-4-6-10-20/h4-17H,3H2,1-2H3,(H,31,33)(H,28,29,30). The second kappa shape index (κ2) is 9.87. The molecule has 1 aromatic heterocycles. The molecule has 6 nitrogen and oxygen atoms in total. The number of amides is 1. The van der Waals surface area contributed by atoms with E-state index in [1.165, 1.54) is 6.33 Å². The third-order valence-electron chi connectivity index (χ3n) is 5.27. The monoisotopic (exact) mass is 436 g/mol. The summed E-state index contributed by atoms with van der Waals surface area (Å²) in [6, 6.07) is 23.5. The number of carbonyl (C=O) groups excluding carboxylic acids is 2. The van der Waals surface area contributed by atoms with Gasteiger partial charge in [0.1, 0.15) is 12.1 Å². The molecule has 0 unspecified atom stereocenters. The van der Waals surface area contributed by atoms with Gasteiger partial charge in [0.05, 0.1) is 5.56 Å². The van der Waals surface area contributed by atoms with Crippen LogP contribution in [-0.2, 0) is 6.42 Å². The molecule has 6 heteroatoms. The molecule has 1 amide bonds. The van der Waals surface area contributed by atoms with Gasteiger partial charge < -0.3 is 10.6 Å². The predicted octanol–water partition coefficient (Wildman–Crippen LogP) is 5.57. The van der Waals surface area contributed by atoms with Crippen LogP contribution in [0.3, 0.4) is 0 Å². The van der Waals surface area contributed by atoms with Gasteiger partial charge in [-0.05, 0) is 37.1 Å². The number of nitrogens with one attached hydrogen (secondary N) is 2. The third kappa shape index (κ3) is 5.13. The number of nitrogens with zero attached hydrogens (tertiary/aromatic N) is 2. The van der Waals surface area contributed by atoms with Crippen molar-refractivity contribution in [2.45, 2.75) is 20.3 Å². The molecule has 0 atom stereocenters. The van der Waals surface area contributed by atoms with Crippen LogP contribution in [0.4, 0.5) is 17.2 Å². The van der Waals surface area contributed by atoms with Gasteiger partial charge in [-0.25, -0.2) is 9.97 Å². The van der Waals surface area contributed by atoms with Crippen molar-refractivity contribution in [1.29, 1.82) is 0 Å². The molecule has 33 heavy (non-hydrogen) atoms. The van der Waals surface area contributed by atoms with E-state index < -0.39 is 0 Å². The van der Waals surface area contributed by atoms with Crippen LogP contribution in [0.2, 0.25) is 0 Å². The zero-order valence-electron chi connectivity index (χ0n) is 18.5. The van der Waals surface area contributed by atoms with Gasteiger partial charge in [0.15, 0.2) is 5.78 Å². The molecule has 0 aliphatic carbocycles. The van der Waals surface area contributed by atoms with Gasteiger partial charge in [-0.3, -0.25) is 9.59 Å². The van der Waals surface area contributed by atoms with Crippen LogP contribution in [0.1, 0.15) is 44.5 Å². The lowest BCUT2D eigenvalue weighted by Crippen LogP contribution is -2.18. The van der Waals surface area contributed by atoms with Crippen molar-refractivity contribution >= 4 is 28.9 Å². The summed E-state index contributed by atoms with van der Waals surface area (Å²) in [6.07, 6.45) is 2.24. The topological polar surface area (TPSA) is 84.0 Å². The van der Waals surface area contributed by atoms with Gasteiger partial charge in [-0.2, -0.15) is 0 Å². The van der Waals surface area contributed by atoms with E-state index >= 15 is 0 Å². The Morgan fingerprint density at radius 2 is 1.58 bits per heavy atom. The van der Waals surface area contributed by atoms with E-state index in [1.54, 1.807) is 48.5 Å². The molecule has 0 bridgehead atoms. The zero-order chi connectivity index (χ0) is 23.2. The Labute approximate surface area is 192 Å². The molecule has 0 fully saturated rings. The van der Waals surface area contributed by atoms with E-state index in [-0.39, 0.29) is 11.7 Å². The van der Waals surface area contributed by atoms with Crippen molar-refractivity contribution in [3.8, 4) is 0 Å². The zero-order valence-corrected chi connectivity index (χ0v) is 18.5. The quantitative estimate of drug-likeness (QED) is 0.370. The lowest BCUT2D eigenvalue weighted by Gasteiger charge is -2.14. The summed E-state index contributed by atoms with van der Waals surface area (Å²) in [6.45, 7) is 3.92. The Bertz CT molecular complexity index is 1300. The maximum Gasteiger partial charge on any atom is 0.256 e. The van der Waals surface area contributed by atoms with Gasteiger partial charge in [-0.1, -0.05) is 61.5 Å². The summed E-state index contributed by atoms with van der Waals surface area (Å²) in [5.41, 5.74) is 4.54. The van der Waals surface area contributed by atoms with Crippen molar-refractivity contribution in [2.24, 2.45) is 0 Å². The van der Waals surface area contributed by atoms with Crippen molar-refractivity contribution < 1.29 is 9.59 Å². The first-order valence-electron chi connectivity index (χ1n) is 10.7. The smallest absolute Gasteiger partial charge is 0.256 e. The van der Waals surface area contributed by atoms with Crippen LogP contribution in [0, 0.1) is 6.92 Å². The van der Waals surface area contributed by atoms with E-state index in [0.29, 0.717) is 28.2 Å². The Kier molecular flexibility index (Phi) is 6.55. The molecule has 0 radical (unpaired) electrons. The molecular weight excluding hydrogens is 412 g/mol. The molecule has 0 spiro atoms. The lowest BCUT2D eigenvalue weighted by atomic mass is 9.97. The molecule has 0 saturated carbocycles. The molecule has 0 aliphatic heterocycles. The van der Waals surface area contributed by atoms with Crippen molar-refractivity contribution in [3.63, 3.8) is 0 Å². The van der Waals surface area contributed by atoms with Crippen LogP contribution < -0.4 is 10.6 Å². The number of aryl methyl sites for hydroxylation is 2. The minimum absolute atomic E-state index is 0.188. The van der Waals surface area contributed by atoms with Crippen LogP contribution in [-0.4, -0.2) is 21.7 Å². The summed E-state index contributed by atoms with van der Waals surface area (Å²) in [5.74, 6) is 0.147. The third-order valence-corrected chi connectivity index (χ3v) is 5.27. The fourth-order valence-electron chi connectivity index (χ4n) is 3.56. The second-order valence-electron chi connectivity index (χ2n) is 7.59. The number of anilines is 3. The Balaban J connectivity index is 1.62. The van der Waals surface area contributed by atoms with Gasteiger partial charge in [-0.15, -0.1) is 0 Å². The van der Waals surface area contributed by atoms with E-state index in [4.69, 9.17) is 0 Å².